The highest BCUT2D eigenvalue weighted by molar-refractivity contribution is 5.94. The smallest absolute Gasteiger partial charge is 0.254 e. The maximum absolute atomic E-state index is 12.9. The standard InChI is InChI=1S/C25H25N3O3/c1-31-23-7-3-6-21(16-23)20-5-2-4-18(14-20)15-22-17-28(13-12-27-24(22)29)25(30)19-8-10-26-11-9-19/h2-11,14,16,22H,12-13,15,17H2,1H3,(H,27,29)/t22-/m1/s1. The van der Waals surface area contributed by atoms with Crippen molar-refractivity contribution in [1.29, 1.82) is 0 Å². The highest BCUT2D eigenvalue weighted by Crippen LogP contribution is 2.26. The predicted octanol–water partition coefficient (Wildman–Crippen LogP) is 3.19. The Kier molecular flexibility index (Phi) is 6.26. The first-order chi connectivity index (χ1) is 15.1. The molecule has 3 aromatic rings. The van der Waals surface area contributed by atoms with E-state index in [1.807, 2.05) is 42.5 Å². The molecule has 2 aromatic carbocycles. The van der Waals surface area contributed by atoms with Crippen molar-refractivity contribution in [3.05, 3.63) is 84.2 Å². The van der Waals surface area contributed by atoms with Gasteiger partial charge in [-0.2, -0.15) is 0 Å². The monoisotopic (exact) mass is 415 g/mol. The second kappa shape index (κ2) is 9.43. The lowest BCUT2D eigenvalue weighted by atomic mass is 9.95. The van der Waals surface area contributed by atoms with Gasteiger partial charge in [0.25, 0.3) is 5.91 Å². The van der Waals surface area contributed by atoms with Gasteiger partial charge in [-0.25, -0.2) is 0 Å². The summed E-state index contributed by atoms with van der Waals surface area (Å²) in [4.78, 5) is 31.3. The second-order valence-electron chi connectivity index (χ2n) is 7.61. The summed E-state index contributed by atoms with van der Waals surface area (Å²) in [5, 5.41) is 2.95. The van der Waals surface area contributed by atoms with Gasteiger partial charge < -0.3 is 15.0 Å². The van der Waals surface area contributed by atoms with Crippen molar-refractivity contribution >= 4 is 11.8 Å². The topological polar surface area (TPSA) is 71.5 Å². The first-order valence-electron chi connectivity index (χ1n) is 10.3. The number of ether oxygens (including phenoxy) is 1. The number of pyridine rings is 1. The van der Waals surface area contributed by atoms with Crippen LogP contribution in [-0.2, 0) is 11.2 Å². The molecule has 0 radical (unpaired) electrons. The zero-order valence-electron chi connectivity index (χ0n) is 17.5. The van der Waals surface area contributed by atoms with Gasteiger partial charge in [0.15, 0.2) is 0 Å². The lowest BCUT2D eigenvalue weighted by molar-refractivity contribution is -0.124. The molecule has 6 heteroatoms. The van der Waals surface area contributed by atoms with E-state index in [1.54, 1.807) is 36.5 Å². The lowest BCUT2D eigenvalue weighted by Crippen LogP contribution is -2.37. The van der Waals surface area contributed by atoms with Crippen LogP contribution < -0.4 is 10.1 Å². The molecule has 0 bridgehead atoms. The minimum absolute atomic E-state index is 0.0168. The molecule has 31 heavy (non-hydrogen) atoms. The number of benzene rings is 2. The summed E-state index contributed by atoms with van der Waals surface area (Å²) in [5.41, 5.74) is 3.76. The van der Waals surface area contributed by atoms with Crippen molar-refractivity contribution in [2.45, 2.75) is 6.42 Å². The molecule has 1 aromatic heterocycles. The first-order valence-corrected chi connectivity index (χ1v) is 10.3. The van der Waals surface area contributed by atoms with Crippen molar-refractivity contribution in [1.82, 2.24) is 15.2 Å². The Hall–Kier alpha value is -3.67. The molecular weight excluding hydrogens is 390 g/mol. The minimum Gasteiger partial charge on any atom is -0.497 e. The summed E-state index contributed by atoms with van der Waals surface area (Å²) in [6.07, 6.45) is 3.77. The van der Waals surface area contributed by atoms with Crippen LogP contribution in [0.2, 0.25) is 0 Å². The third-order valence-electron chi connectivity index (χ3n) is 5.52. The Balaban J connectivity index is 1.53. The SMILES string of the molecule is COc1cccc(-c2cccc(C[C@@H]3CN(C(=O)c4ccncc4)CCNC3=O)c2)c1. The van der Waals surface area contributed by atoms with E-state index in [-0.39, 0.29) is 17.7 Å². The van der Waals surface area contributed by atoms with Crippen molar-refractivity contribution in [3.63, 3.8) is 0 Å². The van der Waals surface area contributed by atoms with Gasteiger partial charge >= 0.3 is 0 Å². The average molecular weight is 415 g/mol. The van der Waals surface area contributed by atoms with Gasteiger partial charge in [0.1, 0.15) is 5.75 Å². The van der Waals surface area contributed by atoms with E-state index in [9.17, 15) is 9.59 Å². The van der Waals surface area contributed by atoms with Gasteiger partial charge in [0, 0.05) is 37.6 Å². The fourth-order valence-electron chi connectivity index (χ4n) is 3.88. The third-order valence-corrected chi connectivity index (χ3v) is 5.52. The van der Waals surface area contributed by atoms with Gasteiger partial charge in [-0.1, -0.05) is 36.4 Å². The minimum atomic E-state index is -0.311. The lowest BCUT2D eigenvalue weighted by Gasteiger charge is -2.23. The molecule has 1 aliphatic rings. The molecule has 0 aliphatic carbocycles. The van der Waals surface area contributed by atoms with Gasteiger partial charge in [-0.3, -0.25) is 14.6 Å². The zero-order chi connectivity index (χ0) is 21.6. The number of hydrogen-bond donors (Lipinski definition) is 1. The molecule has 2 amide bonds. The molecule has 0 spiro atoms. The maximum Gasteiger partial charge on any atom is 0.254 e. The van der Waals surface area contributed by atoms with Crippen LogP contribution in [0.1, 0.15) is 15.9 Å². The van der Waals surface area contributed by atoms with Gasteiger partial charge in [0.05, 0.1) is 13.0 Å². The number of nitrogens with one attached hydrogen (secondary N) is 1. The Labute approximate surface area is 181 Å². The molecule has 6 nitrogen and oxygen atoms in total. The predicted molar refractivity (Wildman–Crippen MR) is 119 cm³/mol. The zero-order valence-corrected chi connectivity index (χ0v) is 17.5. The van der Waals surface area contributed by atoms with Crippen LogP contribution in [0.4, 0.5) is 0 Å². The molecule has 0 saturated carbocycles. The summed E-state index contributed by atoms with van der Waals surface area (Å²) >= 11 is 0. The number of nitrogens with zero attached hydrogens (tertiary/aromatic N) is 2. The highest BCUT2D eigenvalue weighted by Gasteiger charge is 2.28. The van der Waals surface area contributed by atoms with E-state index in [4.69, 9.17) is 4.74 Å². The molecule has 1 saturated heterocycles. The number of rotatable bonds is 5. The molecular formula is C25H25N3O3. The van der Waals surface area contributed by atoms with E-state index >= 15 is 0 Å². The van der Waals surface area contributed by atoms with E-state index in [1.165, 1.54) is 0 Å². The number of carbonyl (C=O) groups excluding carboxylic acids is 2. The Bertz CT molecular complexity index is 1070. The number of aromatic nitrogens is 1. The largest absolute Gasteiger partial charge is 0.497 e. The Morgan fingerprint density at radius 1 is 1.10 bits per heavy atom. The van der Waals surface area contributed by atoms with Crippen molar-refractivity contribution in [2.24, 2.45) is 5.92 Å². The second-order valence-corrected chi connectivity index (χ2v) is 7.61. The maximum atomic E-state index is 12.9. The van der Waals surface area contributed by atoms with Crippen LogP contribution in [0.5, 0.6) is 5.75 Å². The number of hydrogen-bond acceptors (Lipinski definition) is 4. The van der Waals surface area contributed by atoms with E-state index in [0.29, 0.717) is 31.6 Å². The van der Waals surface area contributed by atoms with Crippen LogP contribution in [0.15, 0.2) is 73.1 Å². The van der Waals surface area contributed by atoms with E-state index < -0.39 is 0 Å². The normalized spacial score (nSPS) is 16.4. The summed E-state index contributed by atoms with van der Waals surface area (Å²) < 4.78 is 5.33. The number of methoxy groups -OCH3 is 1. The summed E-state index contributed by atoms with van der Waals surface area (Å²) in [5.74, 6) is 0.399. The average Bonchev–Trinajstić information content (AvgIpc) is 3.00. The Morgan fingerprint density at radius 3 is 2.61 bits per heavy atom. The summed E-state index contributed by atoms with van der Waals surface area (Å²) in [6, 6.07) is 19.5. The number of carbonyl (C=O) groups is 2. The van der Waals surface area contributed by atoms with Gasteiger partial charge in [0.2, 0.25) is 5.91 Å². The van der Waals surface area contributed by atoms with Gasteiger partial charge in [-0.15, -0.1) is 0 Å². The van der Waals surface area contributed by atoms with Crippen LogP contribution in [0.3, 0.4) is 0 Å². The summed E-state index contributed by atoms with van der Waals surface area (Å²) in [6.45, 7) is 1.33. The molecule has 1 fully saturated rings. The number of amides is 2. The molecule has 158 valence electrons. The van der Waals surface area contributed by atoms with Crippen LogP contribution in [0, 0.1) is 5.92 Å². The first kappa shape index (κ1) is 20.6. The van der Waals surface area contributed by atoms with Gasteiger partial charge in [-0.05, 0) is 47.4 Å². The fraction of sp³-hybridized carbons (Fsp3) is 0.240. The van der Waals surface area contributed by atoms with Crippen LogP contribution >= 0.6 is 0 Å². The molecule has 1 aliphatic heterocycles. The molecule has 1 N–H and O–H groups in total. The van der Waals surface area contributed by atoms with Crippen molar-refractivity contribution < 1.29 is 14.3 Å². The van der Waals surface area contributed by atoms with Crippen molar-refractivity contribution in [2.75, 3.05) is 26.7 Å². The van der Waals surface area contributed by atoms with E-state index in [2.05, 4.69) is 16.4 Å². The van der Waals surface area contributed by atoms with Crippen LogP contribution in [0.25, 0.3) is 11.1 Å². The molecule has 2 heterocycles. The molecule has 0 unspecified atom stereocenters. The highest BCUT2D eigenvalue weighted by atomic mass is 16.5. The third kappa shape index (κ3) is 4.91. The fourth-order valence-corrected chi connectivity index (χ4v) is 3.88. The van der Waals surface area contributed by atoms with Crippen molar-refractivity contribution in [3.8, 4) is 16.9 Å². The van der Waals surface area contributed by atoms with E-state index in [0.717, 1.165) is 22.4 Å². The van der Waals surface area contributed by atoms with Crippen LogP contribution in [-0.4, -0.2) is 48.4 Å². The summed E-state index contributed by atoms with van der Waals surface area (Å²) in [7, 11) is 1.65. The molecule has 1 atom stereocenters. The Morgan fingerprint density at radius 2 is 1.84 bits per heavy atom. The quantitative estimate of drug-likeness (QED) is 0.695. The molecule has 4 rings (SSSR count).